The second-order valence-electron chi connectivity index (χ2n) is 7.15. The molecule has 0 aliphatic heterocycles. The van der Waals surface area contributed by atoms with Crippen molar-refractivity contribution in [2.24, 2.45) is 0 Å². The molecule has 3 aromatic carbocycles. The topological polar surface area (TPSA) is 84.5 Å². The molecule has 3 rings (SSSR count). The highest BCUT2D eigenvalue weighted by atomic mass is 32.2. The van der Waals surface area contributed by atoms with E-state index in [4.69, 9.17) is 4.74 Å². The molecular weight excluding hydrogens is 476 g/mol. The highest BCUT2D eigenvalue weighted by Gasteiger charge is 2.34. The Morgan fingerprint density at radius 2 is 1.71 bits per heavy atom. The first kappa shape index (κ1) is 25.2. The average Bonchev–Trinajstić information content (AvgIpc) is 2.79. The first-order valence-corrected chi connectivity index (χ1v) is 11.4. The molecule has 0 saturated heterocycles. The van der Waals surface area contributed by atoms with Crippen molar-refractivity contribution in [3.8, 4) is 5.75 Å². The van der Waals surface area contributed by atoms with E-state index in [9.17, 15) is 30.8 Å². The van der Waals surface area contributed by atoms with Crippen LogP contribution in [0.5, 0.6) is 5.75 Å². The molecule has 0 aromatic heterocycles. The highest BCUT2D eigenvalue weighted by Crippen LogP contribution is 2.33. The molecule has 2 N–H and O–H groups in total. The van der Waals surface area contributed by atoms with E-state index in [1.807, 2.05) is 30.3 Å². The Kier molecular flexibility index (Phi) is 7.57. The third-order valence-corrected chi connectivity index (χ3v) is 6.28. The number of alkyl halides is 3. The second-order valence-corrected chi connectivity index (χ2v) is 8.88. The summed E-state index contributed by atoms with van der Waals surface area (Å²) in [5.74, 6) is -2.39. The van der Waals surface area contributed by atoms with E-state index >= 15 is 0 Å². The molecule has 3 aromatic rings. The summed E-state index contributed by atoms with van der Waals surface area (Å²) >= 11 is 0. The van der Waals surface area contributed by atoms with Crippen LogP contribution in [0, 0.1) is 5.82 Å². The normalized spacial score (nSPS) is 11.8. The fourth-order valence-electron chi connectivity index (χ4n) is 3.10. The van der Waals surface area contributed by atoms with E-state index in [0.717, 1.165) is 17.7 Å². The molecule has 0 aliphatic rings. The molecule has 0 unspecified atom stereocenters. The van der Waals surface area contributed by atoms with Crippen LogP contribution in [0.2, 0.25) is 0 Å². The Labute approximate surface area is 193 Å². The molecule has 0 bridgehead atoms. The van der Waals surface area contributed by atoms with Gasteiger partial charge in [-0.1, -0.05) is 30.3 Å². The summed E-state index contributed by atoms with van der Waals surface area (Å²) in [5, 5.41) is 2.22. The average molecular weight is 496 g/mol. The molecule has 6 nitrogen and oxygen atoms in total. The number of anilines is 1. The lowest BCUT2D eigenvalue weighted by Gasteiger charge is -2.14. The number of hydrogen-bond acceptors (Lipinski definition) is 4. The lowest BCUT2D eigenvalue weighted by atomic mass is 10.1. The number of halogens is 4. The van der Waals surface area contributed by atoms with Gasteiger partial charge in [0.05, 0.1) is 12.7 Å². The van der Waals surface area contributed by atoms with Crippen molar-refractivity contribution in [3.63, 3.8) is 0 Å². The molecular formula is C23H20F4N2O4S. The second kappa shape index (κ2) is 10.2. The lowest BCUT2D eigenvalue weighted by Crippen LogP contribution is -2.27. The molecule has 0 atom stereocenters. The minimum atomic E-state index is -4.95. The van der Waals surface area contributed by atoms with Gasteiger partial charge in [-0.15, -0.1) is 0 Å². The summed E-state index contributed by atoms with van der Waals surface area (Å²) in [6, 6.07) is 14.8. The number of benzene rings is 3. The van der Waals surface area contributed by atoms with Gasteiger partial charge in [-0.3, -0.25) is 4.79 Å². The summed E-state index contributed by atoms with van der Waals surface area (Å²) in [4.78, 5) is 12.3. The Morgan fingerprint density at radius 3 is 2.35 bits per heavy atom. The van der Waals surface area contributed by atoms with E-state index in [0.29, 0.717) is 18.6 Å². The summed E-state index contributed by atoms with van der Waals surface area (Å²) in [7, 11) is -2.83. The number of amides is 1. The summed E-state index contributed by atoms with van der Waals surface area (Å²) < 4.78 is 85.5. The number of sulfonamides is 1. The van der Waals surface area contributed by atoms with Gasteiger partial charge >= 0.3 is 6.18 Å². The molecule has 0 fully saturated rings. The van der Waals surface area contributed by atoms with Gasteiger partial charge in [-0.2, -0.15) is 13.2 Å². The highest BCUT2D eigenvalue weighted by molar-refractivity contribution is 7.89. The third kappa shape index (κ3) is 6.12. The van der Waals surface area contributed by atoms with Crippen LogP contribution in [0.15, 0.2) is 71.6 Å². The largest absolute Gasteiger partial charge is 0.495 e. The molecule has 0 saturated carbocycles. The van der Waals surface area contributed by atoms with E-state index in [1.165, 1.54) is 19.2 Å². The number of ether oxygens (including phenoxy) is 1. The van der Waals surface area contributed by atoms with Gasteiger partial charge in [-0.25, -0.2) is 17.5 Å². The van der Waals surface area contributed by atoms with Crippen molar-refractivity contribution in [1.29, 1.82) is 0 Å². The number of hydrogen-bond donors (Lipinski definition) is 2. The summed E-state index contributed by atoms with van der Waals surface area (Å²) in [5.41, 5.74) is -1.07. The smallest absolute Gasteiger partial charge is 0.419 e. The fourth-order valence-corrected chi connectivity index (χ4v) is 4.33. The van der Waals surface area contributed by atoms with Crippen LogP contribution < -0.4 is 14.8 Å². The maximum atomic E-state index is 13.5. The molecule has 1 amide bonds. The molecule has 11 heteroatoms. The molecule has 180 valence electrons. The minimum absolute atomic E-state index is 0.0232. The van der Waals surface area contributed by atoms with Gasteiger partial charge in [0.25, 0.3) is 5.91 Å². The van der Waals surface area contributed by atoms with E-state index in [2.05, 4.69) is 10.0 Å². The standard InChI is InChI=1S/C23H20F4N2O4S/c1-33-20-10-7-16(22(30)29-17-8-9-19(24)18(14-17)23(25,26)27)13-21(20)34(31,32)28-12-11-15-5-3-2-4-6-15/h2-10,13-14,28H,11-12H2,1H3,(H,29,30). The number of carbonyl (C=O) groups excluding carboxylic acids is 1. The maximum Gasteiger partial charge on any atom is 0.419 e. The first-order valence-electron chi connectivity index (χ1n) is 9.91. The summed E-state index contributed by atoms with van der Waals surface area (Å²) in [6.07, 6.45) is -4.52. The summed E-state index contributed by atoms with van der Waals surface area (Å²) in [6.45, 7) is 0.0850. The van der Waals surface area contributed by atoms with Gasteiger partial charge in [0, 0.05) is 17.8 Å². The molecule has 34 heavy (non-hydrogen) atoms. The van der Waals surface area contributed by atoms with Crippen molar-refractivity contribution in [2.75, 3.05) is 19.0 Å². The third-order valence-electron chi connectivity index (χ3n) is 4.79. The zero-order chi connectivity index (χ0) is 24.9. The van der Waals surface area contributed by atoms with Crippen LogP contribution in [-0.2, 0) is 22.6 Å². The maximum absolute atomic E-state index is 13.5. The van der Waals surface area contributed by atoms with E-state index in [1.54, 1.807) is 0 Å². The Hall–Kier alpha value is -3.44. The number of methoxy groups -OCH3 is 1. The fraction of sp³-hybridized carbons (Fsp3) is 0.174. The van der Waals surface area contributed by atoms with Crippen LogP contribution in [0.1, 0.15) is 21.5 Å². The van der Waals surface area contributed by atoms with Gasteiger partial charge in [-0.05, 0) is 48.4 Å². The van der Waals surface area contributed by atoms with Crippen LogP contribution in [0.4, 0.5) is 23.2 Å². The molecule has 0 spiro atoms. The van der Waals surface area contributed by atoms with E-state index < -0.39 is 33.5 Å². The molecule has 0 radical (unpaired) electrons. The van der Waals surface area contributed by atoms with Crippen LogP contribution >= 0.6 is 0 Å². The lowest BCUT2D eigenvalue weighted by molar-refractivity contribution is -0.139. The van der Waals surface area contributed by atoms with Crippen LogP contribution in [-0.4, -0.2) is 28.0 Å². The monoisotopic (exact) mass is 496 g/mol. The minimum Gasteiger partial charge on any atom is -0.495 e. The zero-order valence-electron chi connectivity index (χ0n) is 17.8. The van der Waals surface area contributed by atoms with Crippen molar-refractivity contribution >= 4 is 21.6 Å². The quantitative estimate of drug-likeness (QED) is 0.446. The van der Waals surface area contributed by atoms with Gasteiger partial charge in [0.15, 0.2) is 0 Å². The van der Waals surface area contributed by atoms with Gasteiger partial charge < -0.3 is 10.1 Å². The Morgan fingerprint density at radius 1 is 1.00 bits per heavy atom. The van der Waals surface area contributed by atoms with Crippen molar-refractivity contribution < 1.29 is 35.5 Å². The van der Waals surface area contributed by atoms with Crippen molar-refractivity contribution in [3.05, 3.63) is 89.2 Å². The SMILES string of the molecule is COc1ccc(C(=O)Nc2ccc(F)c(C(F)(F)F)c2)cc1S(=O)(=O)NCCc1ccccc1. The number of nitrogens with one attached hydrogen (secondary N) is 2. The predicted molar refractivity (Wildman–Crippen MR) is 118 cm³/mol. The Balaban J connectivity index is 1.81. The van der Waals surface area contributed by atoms with E-state index in [-0.39, 0.29) is 28.4 Å². The number of carbonyl (C=O) groups is 1. The van der Waals surface area contributed by atoms with Gasteiger partial charge in [0.1, 0.15) is 16.5 Å². The van der Waals surface area contributed by atoms with Gasteiger partial charge in [0.2, 0.25) is 10.0 Å². The predicted octanol–water partition coefficient (Wildman–Crippen LogP) is 4.63. The molecule has 0 heterocycles. The molecule has 0 aliphatic carbocycles. The zero-order valence-corrected chi connectivity index (χ0v) is 18.6. The van der Waals surface area contributed by atoms with Crippen molar-refractivity contribution in [2.45, 2.75) is 17.5 Å². The Bertz CT molecular complexity index is 1280. The van der Waals surface area contributed by atoms with Crippen molar-refractivity contribution in [1.82, 2.24) is 4.72 Å². The number of rotatable bonds is 8. The van der Waals surface area contributed by atoms with Crippen LogP contribution in [0.25, 0.3) is 0 Å². The van der Waals surface area contributed by atoms with Crippen LogP contribution in [0.3, 0.4) is 0 Å². The first-order chi connectivity index (χ1) is 16.0.